The van der Waals surface area contributed by atoms with Crippen molar-refractivity contribution in [3.8, 4) is 11.1 Å². The van der Waals surface area contributed by atoms with Gasteiger partial charge in [0.2, 0.25) is 0 Å². The average Bonchev–Trinajstić information content (AvgIpc) is 2.46. The van der Waals surface area contributed by atoms with Gasteiger partial charge in [-0.2, -0.15) is 0 Å². The maximum Gasteiger partial charge on any atom is 0.194 e. The SMILES string of the molecule is Cc1ccc2c3c(cccc13)C(=O)c1ccccc1-2. The van der Waals surface area contributed by atoms with Crippen molar-refractivity contribution >= 4 is 16.6 Å². The van der Waals surface area contributed by atoms with Gasteiger partial charge in [0.25, 0.3) is 0 Å². The predicted octanol–water partition coefficient (Wildman–Crippen LogP) is 4.36. The molecule has 3 aromatic rings. The summed E-state index contributed by atoms with van der Waals surface area (Å²) in [6.07, 6.45) is 0. The molecule has 1 nitrogen and oxygen atoms in total. The highest BCUT2D eigenvalue weighted by molar-refractivity contribution is 6.26. The molecule has 1 heteroatoms. The molecule has 0 amide bonds. The highest BCUT2D eigenvalue weighted by Crippen LogP contribution is 2.39. The van der Waals surface area contributed by atoms with Gasteiger partial charge in [0.05, 0.1) is 0 Å². The minimum Gasteiger partial charge on any atom is -0.289 e. The molecule has 3 aromatic carbocycles. The van der Waals surface area contributed by atoms with Gasteiger partial charge < -0.3 is 0 Å². The maximum absolute atomic E-state index is 12.6. The fraction of sp³-hybridized carbons (Fsp3) is 0.0556. The first kappa shape index (κ1) is 10.5. The second-order valence-corrected chi connectivity index (χ2v) is 5.03. The van der Waals surface area contributed by atoms with Crippen LogP contribution in [0, 0.1) is 6.92 Å². The van der Waals surface area contributed by atoms with Crippen LogP contribution < -0.4 is 0 Å². The van der Waals surface area contributed by atoms with E-state index in [-0.39, 0.29) is 5.78 Å². The molecule has 19 heavy (non-hydrogen) atoms. The fourth-order valence-electron chi connectivity index (χ4n) is 3.03. The summed E-state index contributed by atoms with van der Waals surface area (Å²) in [5.41, 5.74) is 5.08. The zero-order chi connectivity index (χ0) is 13.0. The van der Waals surface area contributed by atoms with E-state index >= 15 is 0 Å². The minimum atomic E-state index is 0.138. The normalized spacial score (nSPS) is 12.6. The van der Waals surface area contributed by atoms with Crippen molar-refractivity contribution in [2.75, 3.05) is 0 Å². The summed E-state index contributed by atoms with van der Waals surface area (Å²) < 4.78 is 0. The predicted molar refractivity (Wildman–Crippen MR) is 77.6 cm³/mol. The summed E-state index contributed by atoms with van der Waals surface area (Å²) in [7, 11) is 0. The number of hydrogen-bond acceptors (Lipinski definition) is 1. The molecule has 0 unspecified atom stereocenters. The van der Waals surface area contributed by atoms with E-state index in [1.165, 1.54) is 16.5 Å². The molecule has 0 aromatic heterocycles. The van der Waals surface area contributed by atoms with Crippen LogP contribution in [-0.2, 0) is 0 Å². The number of aryl methyl sites for hydroxylation is 1. The van der Waals surface area contributed by atoms with E-state index in [0.29, 0.717) is 0 Å². The molecule has 0 saturated carbocycles. The van der Waals surface area contributed by atoms with Crippen molar-refractivity contribution in [1.29, 1.82) is 0 Å². The Morgan fingerprint density at radius 1 is 0.684 bits per heavy atom. The van der Waals surface area contributed by atoms with Crippen LogP contribution in [-0.4, -0.2) is 5.78 Å². The number of hydrogen-bond donors (Lipinski definition) is 0. The third kappa shape index (κ3) is 1.27. The number of rotatable bonds is 0. The lowest BCUT2D eigenvalue weighted by atomic mass is 9.82. The molecule has 0 N–H and O–H groups in total. The van der Waals surface area contributed by atoms with E-state index in [0.717, 1.165) is 22.1 Å². The highest BCUT2D eigenvalue weighted by Gasteiger charge is 2.24. The van der Waals surface area contributed by atoms with Gasteiger partial charge in [0.15, 0.2) is 5.78 Å². The molecule has 0 radical (unpaired) electrons. The van der Waals surface area contributed by atoms with Crippen LogP contribution in [0.2, 0.25) is 0 Å². The monoisotopic (exact) mass is 244 g/mol. The molecule has 0 fully saturated rings. The van der Waals surface area contributed by atoms with Crippen molar-refractivity contribution < 1.29 is 4.79 Å². The third-order valence-electron chi connectivity index (χ3n) is 3.97. The Balaban J connectivity index is 2.28. The zero-order valence-corrected chi connectivity index (χ0v) is 10.6. The van der Waals surface area contributed by atoms with E-state index in [9.17, 15) is 4.79 Å². The van der Waals surface area contributed by atoms with Crippen LogP contribution in [0.4, 0.5) is 0 Å². The fourth-order valence-corrected chi connectivity index (χ4v) is 3.03. The van der Waals surface area contributed by atoms with Crippen LogP contribution in [0.25, 0.3) is 21.9 Å². The molecule has 0 saturated heterocycles. The smallest absolute Gasteiger partial charge is 0.194 e. The van der Waals surface area contributed by atoms with Gasteiger partial charge in [0.1, 0.15) is 0 Å². The van der Waals surface area contributed by atoms with Gasteiger partial charge in [0, 0.05) is 16.5 Å². The third-order valence-corrected chi connectivity index (χ3v) is 3.97. The Labute approximate surface area is 111 Å². The van der Waals surface area contributed by atoms with E-state index in [2.05, 4.69) is 25.1 Å². The number of fused-ring (bicyclic) bond motifs is 2. The lowest BCUT2D eigenvalue weighted by Gasteiger charge is -2.20. The van der Waals surface area contributed by atoms with Crippen molar-refractivity contribution in [1.82, 2.24) is 0 Å². The van der Waals surface area contributed by atoms with Gasteiger partial charge in [-0.05, 0) is 29.0 Å². The molecular formula is C18H12O. The van der Waals surface area contributed by atoms with Crippen LogP contribution >= 0.6 is 0 Å². The number of carbonyl (C=O) groups excluding carboxylic acids is 1. The first-order valence-electron chi connectivity index (χ1n) is 6.44. The van der Waals surface area contributed by atoms with Gasteiger partial charge in [-0.15, -0.1) is 0 Å². The molecule has 1 aliphatic carbocycles. The Morgan fingerprint density at radius 3 is 2.26 bits per heavy atom. The van der Waals surface area contributed by atoms with Gasteiger partial charge in [-0.1, -0.05) is 54.6 Å². The molecule has 0 aliphatic heterocycles. The second kappa shape index (κ2) is 3.55. The summed E-state index contributed by atoms with van der Waals surface area (Å²) in [5, 5.41) is 2.28. The van der Waals surface area contributed by atoms with Crippen LogP contribution in [0.5, 0.6) is 0 Å². The van der Waals surface area contributed by atoms with Crippen LogP contribution in [0.1, 0.15) is 21.5 Å². The van der Waals surface area contributed by atoms with Crippen LogP contribution in [0.15, 0.2) is 54.6 Å². The lowest BCUT2D eigenvalue weighted by Crippen LogP contribution is -2.09. The van der Waals surface area contributed by atoms with Crippen molar-refractivity contribution in [3.05, 3.63) is 71.3 Å². The van der Waals surface area contributed by atoms with E-state index in [1.54, 1.807) is 0 Å². The summed E-state index contributed by atoms with van der Waals surface area (Å²) in [6.45, 7) is 2.09. The molecule has 0 spiro atoms. The summed E-state index contributed by atoms with van der Waals surface area (Å²) >= 11 is 0. The second-order valence-electron chi connectivity index (χ2n) is 5.03. The Hall–Kier alpha value is -2.41. The topological polar surface area (TPSA) is 17.1 Å². The molecular weight excluding hydrogens is 232 g/mol. The molecule has 0 bridgehead atoms. The largest absolute Gasteiger partial charge is 0.289 e. The van der Waals surface area contributed by atoms with Gasteiger partial charge in [-0.3, -0.25) is 4.79 Å². The van der Waals surface area contributed by atoms with E-state index in [1.807, 2.05) is 36.4 Å². The summed E-state index contributed by atoms with van der Waals surface area (Å²) in [4.78, 5) is 12.6. The van der Waals surface area contributed by atoms with Crippen LogP contribution in [0.3, 0.4) is 0 Å². The Morgan fingerprint density at radius 2 is 1.42 bits per heavy atom. The minimum absolute atomic E-state index is 0.138. The molecule has 1 aliphatic rings. The highest BCUT2D eigenvalue weighted by atomic mass is 16.1. The first-order valence-corrected chi connectivity index (χ1v) is 6.44. The zero-order valence-electron chi connectivity index (χ0n) is 10.6. The molecule has 4 rings (SSSR count). The number of carbonyl (C=O) groups is 1. The average molecular weight is 244 g/mol. The number of benzene rings is 3. The van der Waals surface area contributed by atoms with Crippen molar-refractivity contribution in [2.24, 2.45) is 0 Å². The van der Waals surface area contributed by atoms with E-state index < -0.39 is 0 Å². The summed E-state index contributed by atoms with van der Waals surface area (Å²) in [5.74, 6) is 0.138. The lowest BCUT2D eigenvalue weighted by molar-refractivity contribution is 0.104. The van der Waals surface area contributed by atoms with Crippen molar-refractivity contribution in [3.63, 3.8) is 0 Å². The van der Waals surface area contributed by atoms with Gasteiger partial charge >= 0.3 is 0 Å². The quantitative estimate of drug-likeness (QED) is 0.449. The Bertz CT molecular complexity index is 843. The first-order chi connectivity index (χ1) is 9.27. The number of ketones is 1. The maximum atomic E-state index is 12.6. The summed E-state index contributed by atoms with van der Waals surface area (Å²) in [6, 6.07) is 18.1. The van der Waals surface area contributed by atoms with E-state index in [4.69, 9.17) is 0 Å². The van der Waals surface area contributed by atoms with Crippen molar-refractivity contribution in [2.45, 2.75) is 6.92 Å². The molecule has 90 valence electrons. The van der Waals surface area contributed by atoms with Gasteiger partial charge in [-0.25, -0.2) is 0 Å². The molecule has 0 atom stereocenters. The molecule has 0 heterocycles. The standard InChI is InChI=1S/C18H12O/c1-11-9-10-14-13-5-2-3-6-15(13)18(19)16-8-4-7-12(11)17(14)16/h2-10H,1H3. The Kier molecular flexibility index (Phi) is 1.96.